The molecule has 0 aliphatic heterocycles. The van der Waals surface area contributed by atoms with Gasteiger partial charge in [0.25, 0.3) is 0 Å². The molecule has 4 heteroatoms. The molecule has 2 rings (SSSR count). The molecule has 1 N–H and O–H groups in total. The first-order valence-electron chi connectivity index (χ1n) is 6.21. The van der Waals surface area contributed by atoms with Crippen LogP contribution in [0, 0.1) is 0 Å². The molecule has 0 atom stereocenters. The van der Waals surface area contributed by atoms with Crippen LogP contribution in [-0.4, -0.2) is 23.9 Å². The van der Waals surface area contributed by atoms with Crippen molar-refractivity contribution in [2.24, 2.45) is 0 Å². The van der Waals surface area contributed by atoms with Gasteiger partial charge in [-0.1, -0.05) is 23.2 Å². The molecular formula is C14H18Cl2O2. The molecule has 0 amide bonds. The van der Waals surface area contributed by atoms with Crippen LogP contribution in [0.5, 0.6) is 0 Å². The second-order valence-corrected chi connectivity index (χ2v) is 5.92. The zero-order valence-electron chi connectivity index (χ0n) is 10.5. The lowest BCUT2D eigenvalue weighted by Gasteiger charge is -2.35. The lowest BCUT2D eigenvalue weighted by molar-refractivity contribution is -0.0427. The van der Waals surface area contributed by atoms with Gasteiger partial charge in [-0.15, -0.1) is 0 Å². The van der Waals surface area contributed by atoms with Gasteiger partial charge in [-0.05, 0) is 49.4 Å². The second kappa shape index (κ2) is 5.79. The van der Waals surface area contributed by atoms with Crippen LogP contribution >= 0.6 is 23.2 Å². The van der Waals surface area contributed by atoms with Crippen molar-refractivity contribution in [3.63, 3.8) is 0 Å². The second-order valence-electron chi connectivity index (χ2n) is 5.07. The van der Waals surface area contributed by atoms with Crippen molar-refractivity contribution in [2.45, 2.75) is 43.8 Å². The fourth-order valence-corrected chi connectivity index (χ4v) is 2.95. The molecule has 1 fully saturated rings. The van der Waals surface area contributed by atoms with Gasteiger partial charge >= 0.3 is 0 Å². The number of ether oxygens (including phenoxy) is 1. The number of methoxy groups -OCH3 is 1. The highest BCUT2D eigenvalue weighted by molar-refractivity contribution is 6.33. The third kappa shape index (κ3) is 3.39. The van der Waals surface area contributed by atoms with E-state index in [4.69, 9.17) is 27.9 Å². The number of halogens is 2. The Balaban J connectivity index is 2.06. The molecule has 0 spiro atoms. The molecule has 1 aliphatic carbocycles. The van der Waals surface area contributed by atoms with Gasteiger partial charge in [0.15, 0.2) is 0 Å². The van der Waals surface area contributed by atoms with Gasteiger partial charge in [0, 0.05) is 23.6 Å². The molecule has 18 heavy (non-hydrogen) atoms. The predicted octanol–water partition coefficient (Wildman–Crippen LogP) is 3.86. The molecule has 1 saturated carbocycles. The van der Waals surface area contributed by atoms with Crippen molar-refractivity contribution in [3.05, 3.63) is 33.8 Å². The maximum Gasteiger partial charge on any atom is 0.0690 e. The minimum Gasteiger partial charge on any atom is -0.390 e. The van der Waals surface area contributed by atoms with Gasteiger partial charge < -0.3 is 9.84 Å². The van der Waals surface area contributed by atoms with Crippen LogP contribution in [0.15, 0.2) is 18.2 Å². The van der Waals surface area contributed by atoms with E-state index in [9.17, 15) is 5.11 Å². The first kappa shape index (κ1) is 14.1. The van der Waals surface area contributed by atoms with E-state index in [2.05, 4.69) is 0 Å². The summed E-state index contributed by atoms with van der Waals surface area (Å²) < 4.78 is 5.32. The van der Waals surface area contributed by atoms with E-state index in [0.717, 1.165) is 31.2 Å². The van der Waals surface area contributed by atoms with Crippen molar-refractivity contribution >= 4 is 23.2 Å². The van der Waals surface area contributed by atoms with E-state index in [1.807, 2.05) is 6.07 Å². The minimum atomic E-state index is -0.677. The predicted molar refractivity (Wildman–Crippen MR) is 74.4 cm³/mol. The summed E-state index contributed by atoms with van der Waals surface area (Å²) in [7, 11) is 1.73. The number of aliphatic hydroxyl groups is 1. The van der Waals surface area contributed by atoms with E-state index in [1.165, 1.54) is 0 Å². The molecule has 0 saturated heterocycles. The maximum absolute atomic E-state index is 10.6. The molecular weight excluding hydrogens is 271 g/mol. The minimum absolute atomic E-state index is 0.278. The Morgan fingerprint density at radius 1 is 1.33 bits per heavy atom. The molecule has 0 heterocycles. The van der Waals surface area contributed by atoms with Gasteiger partial charge in [-0.25, -0.2) is 0 Å². The Morgan fingerprint density at radius 2 is 2.00 bits per heavy atom. The molecule has 1 aliphatic rings. The van der Waals surface area contributed by atoms with Crippen LogP contribution < -0.4 is 0 Å². The molecule has 2 nitrogen and oxygen atoms in total. The summed E-state index contributed by atoms with van der Waals surface area (Å²) in [5.41, 5.74) is 0.242. The molecule has 0 bridgehead atoms. The summed E-state index contributed by atoms with van der Waals surface area (Å²) in [6.07, 6.45) is 4.11. The highest BCUT2D eigenvalue weighted by Crippen LogP contribution is 2.34. The lowest BCUT2D eigenvalue weighted by atomic mass is 9.79. The van der Waals surface area contributed by atoms with Crippen molar-refractivity contribution in [3.8, 4) is 0 Å². The summed E-state index contributed by atoms with van der Waals surface area (Å²) in [5, 5.41) is 11.9. The average molecular weight is 289 g/mol. The Kier molecular flexibility index (Phi) is 4.54. The molecule has 0 aromatic heterocycles. The third-order valence-corrected chi connectivity index (χ3v) is 4.33. The molecule has 1 aromatic carbocycles. The topological polar surface area (TPSA) is 29.5 Å². The van der Waals surface area contributed by atoms with Crippen molar-refractivity contribution in [1.82, 2.24) is 0 Å². The van der Waals surface area contributed by atoms with Crippen molar-refractivity contribution in [1.29, 1.82) is 0 Å². The number of hydrogen-bond donors (Lipinski definition) is 1. The largest absolute Gasteiger partial charge is 0.390 e. The summed E-state index contributed by atoms with van der Waals surface area (Å²) in [6, 6.07) is 5.38. The Labute approximate surface area is 118 Å². The van der Waals surface area contributed by atoms with E-state index in [0.29, 0.717) is 16.5 Å². The van der Waals surface area contributed by atoms with E-state index < -0.39 is 5.60 Å². The van der Waals surface area contributed by atoms with Gasteiger partial charge in [0.05, 0.1) is 11.7 Å². The standard InChI is InChI=1S/C14H18Cl2O2/c1-18-12-4-6-14(17,7-5-12)9-10-8-11(15)2-3-13(10)16/h2-3,8,12,17H,4-7,9H2,1H3. The van der Waals surface area contributed by atoms with Gasteiger partial charge in [0.2, 0.25) is 0 Å². The number of rotatable bonds is 3. The molecule has 100 valence electrons. The van der Waals surface area contributed by atoms with E-state index >= 15 is 0 Å². The van der Waals surface area contributed by atoms with E-state index in [1.54, 1.807) is 19.2 Å². The Morgan fingerprint density at radius 3 is 2.61 bits per heavy atom. The van der Waals surface area contributed by atoms with E-state index in [-0.39, 0.29) is 6.10 Å². The third-order valence-electron chi connectivity index (χ3n) is 3.72. The number of hydrogen-bond acceptors (Lipinski definition) is 2. The molecule has 0 radical (unpaired) electrons. The lowest BCUT2D eigenvalue weighted by Crippen LogP contribution is -2.38. The van der Waals surface area contributed by atoms with Gasteiger partial charge in [-0.3, -0.25) is 0 Å². The first-order chi connectivity index (χ1) is 8.52. The fourth-order valence-electron chi connectivity index (χ4n) is 2.57. The summed E-state index contributed by atoms with van der Waals surface area (Å²) in [5.74, 6) is 0. The Bertz CT molecular complexity index is 412. The highest BCUT2D eigenvalue weighted by atomic mass is 35.5. The molecule has 0 unspecified atom stereocenters. The highest BCUT2D eigenvalue weighted by Gasteiger charge is 2.33. The first-order valence-corrected chi connectivity index (χ1v) is 6.97. The number of benzene rings is 1. The SMILES string of the molecule is COC1CCC(O)(Cc2cc(Cl)ccc2Cl)CC1. The van der Waals surface area contributed by atoms with Crippen LogP contribution in [-0.2, 0) is 11.2 Å². The van der Waals surface area contributed by atoms with Crippen LogP contribution in [0.3, 0.4) is 0 Å². The van der Waals surface area contributed by atoms with Crippen molar-refractivity contribution < 1.29 is 9.84 Å². The van der Waals surface area contributed by atoms with Gasteiger partial charge in [0.1, 0.15) is 0 Å². The summed E-state index contributed by atoms with van der Waals surface area (Å²) in [4.78, 5) is 0. The maximum atomic E-state index is 10.6. The van der Waals surface area contributed by atoms with Crippen LogP contribution in [0.25, 0.3) is 0 Å². The summed E-state index contributed by atoms with van der Waals surface area (Å²) >= 11 is 12.1. The zero-order valence-corrected chi connectivity index (χ0v) is 12.0. The smallest absolute Gasteiger partial charge is 0.0690 e. The quantitative estimate of drug-likeness (QED) is 0.915. The Hall–Kier alpha value is -0.280. The zero-order chi connectivity index (χ0) is 13.2. The summed E-state index contributed by atoms with van der Waals surface area (Å²) in [6.45, 7) is 0. The van der Waals surface area contributed by atoms with Crippen LogP contribution in [0.1, 0.15) is 31.2 Å². The monoisotopic (exact) mass is 288 g/mol. The van der Waals surface area contributed by atoms with Crippen LogP contribution in [0.4, 0.5) is 0 Å². The average Bonchev–Trinajstić information content (AvgIpc) is 2.35. The van der Waals surface area contributed by atoms with Crippen LogP contribution in [0.2, 0.25) is 10.0 Å². The van der Waals surface area contributed by atoms with Crippen molar-refractivity contribution in [2.75, 3.05) is 7.11 Å². The molecule has 1 aromatic rings. The normalized spacial score (nSPS) is 28.3. The van der Waals surface area contributed by atoms with Gasteiger partial charge in [-0.2, -0.15) is 0 Å². The fraction of sp³-hybridized carbons (Fsp3) is 0.571.